The minimum atomic E-state index is -0.653. The first kappa shape index (κ1) is 25.7. The van der Waals surface area contributed by atoms with Crippen LogP contribution in [-0.2, 0) is 10.2 Å². The lowest BCUT2D eigenvalue weighted by molar-refractivity contribution is -0.119. The average Bonchev–Trinajstić information content (AvgIpc) is 3.27. The Morgan fingerprint density at radius 2 is 1.87 bits per heavy atom. The second kappa shape index (κ2) is 10.5. The Balaban J connectivity index is 1.32. The number of urea groups is 1. The zero-order valence-corrected chi connectivity index (χ0v) is 22.1. The van der Waals surface area contributed by atoms with Gasteiger partial charge >= 0.3 is 6.03 Å². The molecule has 11 nitrogen and oxygen atoms in total. The highest BCUT2D eigenvalue weighted by Gasteiger charge is 2.35. The largest absolute Gasteiger partial charge is 0.364 e. The van der Waals surface area contributed by atoms with Crippen LogP contribution in [0.25, 0.3) is 0 Å². The molecule has 5 rings (SSSR count). The smallest absolute Gasteiger partial charge is 0.320 e. The topological polar surface area (TPSA) is 128 Å². The van der Waals surface area contributed by atoms with Crippen LogP contribution in [0.1, 0.15) is 48.7 Å². The van der Waals surface area contributed by atoms with Gasteiger partial charge in [0.1, 0.15) is 5.82 Å². The minimum absolute atomic E-state index is 0.00643. The molecule has 0 saturated carbocycles. The Labute approximate surface area is 223 Å². The quantitative estimate of drug-likeness (QED) is 0.536. The van der Waals surface area contributed by atoms with Crippen molar-refractivity contribution in [1.29, 1.82) is 0 Å². The molecule has 38 heavy (non-hydrogen) atoms. The highest BCUT2D eigenvalue weighted by atomic mass is 16.2. The lowest BCUT2D eigenvalue weighted by Gasteiger charge is -2.38. The summed E-state index contributed by atoms with van der Waals surface area (Å²) in [5.41, 5.74) is 7.69. The molecule has 3 aliphatic heterocycles. The number of aromatic nitrogens is 2. The van der Waals surface area contributed by atoms with Crippen molar-refractivity contribution in [3.63, 3.8) is 0 Å². The summed E-state index contributed by atoms with van der Waals surface area (Å²) in [5, 5.41) is 3.24. The number of primary amides is 1. The van der Waals surface area contributed by atoms with Crippen molar-refractivity contribution in [2.24, 2.45) is 5.73 Å². The Bertz CT molecular complexity index is 1200. The van der Waals surface area contributed by atoms with Crippen LogP contribution in [0, 0.1) is 0 Å². The van der Waals surface area contributed by atoms with E-state index in [2.05, 4.69) is 34.3 Å². The van der Waals surface area contributed by atoms with Crippen LogP contribution >= 0.6 is 0 Å². The first-order chi connectivity index (χ1) is 18.3. The van der Waals surface area contributed by atoms with E-state index in [0.717, 1.165) is 70.5 Å². The molecular weight excluding hydrogens is 484 g/mol. The van der Waals surface area contributed by atoms with E-state index in [9.17, 15) is 14.4 Å². The van der Waals surface area contributed by atoms with Gasteiger partial charge in [0.15, 0.2) is 11.5 Å². The van der Waals surface area contributed by atoms with E-state index in [1.807, 2.05) is 29.0 Å². The molecule has 1 atom stereocenters. The van der Waals surface area contributed by atoms with Crippen molar-refractivity contribution in [3.8, 4) is 0 Å². The van der Waals surface area contributed by atoms with Gasteiger partial charge in [0.2, 0.25) is 6.41 Å². The van der Waals surface area contributed by atoms with Crippen LogP contribution in [0.3, 0.4) is 0 Å². The van der Waals surface area contributed by atoms with E-state index in [-0.39, 0.29) is 23.2 Å². The number of anilines is 3. The molecule has 11 heteroatoms. The number of benzene rings is 1. The summed E-state index contributed by atoms with van der Waals surface area (Å²) in [6, 6.07) is 8.29. The summed E-state index contributed by atoms with van der Waals surface area (Å²) in [7, 11) is 1.83. The predicted molar refractivity (Wildman–Crippen MR) is 144 cm³/mol. The highest BCUT2D eigenvalue weighted by Crippen LogP contribution is 2.35. The maximum atomic E-state index is 12.5. The van der Waals surface area contributed by atoms with Gasteiger partial charge in [0.25, 0.3) is 5.91 Å². The third-order valence-corrected chi connectivity index (χ3v) is 8.30. The number of carbonyl (C=O) groups excluding carboxylic acids is 3. The molecule has 1 aromatic heterocycles. The number of piperidine rings is 2. The number of likely N-dealkylation sites (N-methyl/N-ethyl adjacent to an activating group) is 1. The maximum absolute atomic E-state index is 12.5. The lowest BCUT2D eigenvalue weighted by Crippen LogP contribution is -2.49. The summed E-state index contributed by atoms with van der Waals surface area (Å²) in [6.45, 7) is 6.68. The molecule has 0 aliphatic carbocycles. The zero-order valence-electron chi connectivity index (χ0n) is 22.1. The molecule has 2 aromatic rings. The monoisotopic (exact) mass is 520 g/mol. The first-order valence-electron chi connectivity index (χ1n) is 13.3. The summed E-state index contributed by atoms with van der Waals surface area (Å²) >= 11 is 0. The molecule has 3 fully saturated rings. The van der Waals surface area contributed by atoms with Crippen LogP contribution in [0.2, 0.25) is 0 Å². The number of amides is 4. The van der Waals surface area contributed by atoms with Gasteiger partial charge in [-0.05, 0) is 48.8 Å². The van der Waals surface area contributed by atoms with Crippen molar-refractivity contribution in [1.82, 2.24) is 24.7 Å². The fraction of sp³-hybridized carbons (Fsp3) is 0.519. The van der Waals surface area contributed by atoms with Crippen LogP contribution in [0.4, 0.5) is 22.1 Å². The minimum Gasteiger partial charge on any atom is -0.364 e. The van der Waals surface area contributed by atoms with E-state index in [4.69, 9.17) is 10.7 Å². The van der Waals surface area contributed by atoms with Crippen LogP contribution < -0.4 is 16.0 Å². The van der Waals surface area contributed by atoms with E-state index < -0.39 is 5.91 Å². The Kier molecular flexibility index (Phi) is 7.09. The Morgan fingerprint density at radius 3 is 2.50 bits per heavy atom. The van der Waals surface area contributed by atoms with Crippen LogP contribution in [-0.4, -0.2) is 95.4 Å². The molecule has 0 radical (unpaired) electrons. The van der Waals surface area contributed by atoms with Gasteiger partial charge < -0.3 is 30.7 Å². The number of nitrogens with one attached hydrogen (secondary N) is 1. The van der Waals surface area contributed by atoms with Crippen molar-refractivity contribution in [2.45, 2.75) is 44.1 Å². The number of likely N-dealkylation sites (tertiary alicyclic amines) is 1. The van der Waals surface area contributed by atoms with E-state index in [1.165, 1.54) is 5.56 Å². The number of nitrogens with two attached hydrogens (primary N) is 1. The number of hydrogen-bond donors (Lipinski definition) is 2. The third-order valence-electron chi connectivity index (χ3n) is 8.30. The van der Waals surface area contributed by atoms with E-state index >= 15 is 0 Å². The number of carbonyl (C=O) groups is 3. The molecule has 3 aliphatic rings. The van der Waals surface area contributed by atoms with Crippen LogP contribution in [0.5, 0.6) is 0 Å². The molecule has 4 heterocycles. The van der Waals surface area contributed by atoms with Crippen molar-refractivity contribution < 1.29 is 14.4 Å². The van der Waals surface area contributed by atoms with Gasteiger partial charge in [-0.2, -0.15) is 0 Å². The summed E-state index contributed by atoms with van der Waals surface area (Å²) < 4.78 is 0. The molecule has 3 N–H and O–H groups in total. The molecule has 3 saturated heterocycles. The SMILES string of the molecule is CN1CCN(C2CCCN(c3cnc(C(N)=O)c(Nc4ccc(C5(C)CCN(C=O)CC5)cc4)n3)C2)C1=O. The fourth-order valence-corrected chi connectivity index (χ4v) is 5.73. The maximum Gasteiger partial charge on any atom is 0.320 e. The van der Waals surface area contributed by atoms with Gasteiger partial charge in [-0.15, -0.1) is 0 Å². The predicted octanol–water partition coefficient (Wildman–Crippen LogP) is 2.17. The Hall–Kier alpha value is -3.89. The molecular formula is C27H36N8O3. The standard InChI is InChI=1S/C27H36N8O3/c1-27(9-12-33(18-36)13-10-27)19-5-7-20(8-6-19)30-25-23(24(28)37)29-16-22(31-25)34-11-3-4-21(17-34)35-15-14-32(2)26(35)38/h5-8,16,18,21H,3-4,9-15,17H2,1-2H3,(H2,28,37)(H,30,31). The molecule has 1 aromatic carbocycles. The van der Waals surface area contributed by atoms with Gasteiger partial charge in [0, 0.05) is 52.0 Å². The number of nitrogens with zero attached hydrogens (tertiary/aromatic N) is 6. The van der Waals surface area contributed by atoms with E-state index in [0.29, 0.717) is 18.2 Å². The molecule has 1 unspecified atom stereocenters. The lowest BCUT2D eigenvalue weighted by atomic mass is 9.74. The van der Waals surface area contributed by atoms with Gasteiger partial charge in [-0.25, -0.2) is 14.8 Å². The van der Waals surface area contributed by atoms with E-state index in [1.54, 1.807) is 11.1 Å². The van der Waals surface area contributed by atoms with Crippen molar-refractivity contribution in [2.75, 3.05) is 56.5 Å². The second-order valence-corrected chi connectivity index (χ2v) is 10.8. The number of hydrogen-bond acceptors (Lipinski definition) is 7. The first-order valence-corrected chi connectivity index (χ1v) is 13.3. The van der Waals surface area contributed by atoms with Crippen LogP contribution in [0.15, 0.2) is 30.5 Å². The normalized spacial score (nSPS) is 21.5. The Morgan fingerprint density at radius 1 is 1.13 bits per heavy atom. The zero-order chi connectivity index (χ0) is 26.9. The average molecular weight is 521 g/mol. The highest BCUT2D eigenvalue weighted by molar-refractivity contribution is 5.96. The van der Waals surface area contributed by atoms with Crippen molar-refractivity contribution >= 4 is 35.7 Å². The van der Waals surface area contributed by atoms with Gasteiger partial charge in [-0.3, -0.25) is 9.59 Å². The van der Waals surface area contributed by atoms with Gasteiger partial charge in [0.05, 0.1) is 12.2 Å². The van der Waals surface area contributed by atoms with Gasteiger partial charge in [-0.1, -0.05) is 19.1 Å². The second-order valence-electron chi connectivity index (χ2n) is 10.8. The fourth-order valence-electron chi connectivity index (χ4n) is 5.73. The third kappa shape index (κ3) is 5.09. The summed E-state index contributed by atoms with van der Waals surface area (Å²) in [4.78, 5) is 52.5. The van der Waals surface area contributed by atoms with Crippen molar-refractivity contribution in [3.05, 3.63) is 41.7 Å². The number of rotatable bonds is 7. The molecule has 4 amide bonds. The summed E-state index contributed by atoms with van der Waals surface area (Å²) in [6.07, 6.45) is 6.22. The molecule has 0 bridgehead atoms. The molecule has 0 spiro atoms. The summed E-state index contributed by atoms with van der Waals surface area (Å²) in [5.74, 6) is 0.306. The molecule has 202 valence electrons.